The monoisotopic (exact) mass is 268 g/mol. The van der Waals surface area contributed by atoms with Crippen LogP contribution in [0, 0.1) is 5.92 Å². The summed E-state index contributed by atoms with van der Waals surface area (Å²) in [4.78, 5) is 4.04. The van der Waals surface area contributed by atoms with Gasteiger partial charge in [0.25, 0.3) is 0 Å². The first kappa shape index (κ1) is 15.5. The molecule has 0 amide bonds. The molecule has 102 valence electrons. The summed E-state index contributed by atoms with van der Waals surface area (Å²) in [7, 11) is 0. The molecule has 0 aliphatic heterocycles. The molecular weight excluding hydrogens is 244 g/mol. The van der Waals surface area contributed by atoms with Crippen molar-refractivity contribution >= 4 is 11.6 Å². The summed E-state index contributed by atoms with van der Waals surface area (Å²) < 4.78 is 0. The molecule has 0 fully saturated rings. The predicted molar refractivity (Wildman–Crippen MR) is 79.1 cm³/mol. The van der Waals surface area contributed by atoms with Gasteiger partial charge in [-0.15, -0.1) is 0 Å². The van der Waals surface area contributed by atoms with E-state index in [0.29, 0.717) is 12.0 Å². The van der Waals surface area contributed by atoms with Crippen molar-refractivity contribution in [3.05, 3.63) is 29.0 Å². The van der Waals surface area contributed by atoms with Crippen molar-refractivity contribution < 1.29 is 0 Å². The molecule has 3 heteroatoms. The number of rotatable bonds is 8. The van der Waals surface area contributed by atoms with E-state index in [4.69, 9.17) is 11.6 Å². The van der Waals surface area contributed by atoms with Gasteiger partial charge in [0.15, 0.2) is 0 Å². The van der Waals surface area contributed by atoms with Crippen LogP contribution in [0.15, 0.2) is 18.5 Å². The van der Waals surface area contributed by atoms with Gasteiger partial charge in [-0.25, -0.2) is 0 Å². The fraction of sp³-hybridized carbons (Fsp3) is 0.667. The Morgan fingerprint density at radius 1 is 1.33 bits per heavy atom. The number of pyridine rings is 1. The molecular formula is C15H25ClN2. The summed E-state index contributed by atoms with van der Waals surface area (Å²) in [6.45, 7) is 7.84. The molecule has 2 unspecified atom stereocenters. The lowest BCUT2D eigenvalue weighted by molar-refractivity contribution is 0.352. The quantitative estimate of drug-likeness (QED) is 0.768. The third-order valence-electron chi connectivity index (χ3n) is 3.38. The van der Waals surface area contributed by atoms with Gasteiger partial charge >= 0.3 is 0 Å². The summed E-state index contributed by atoms with van der Waals surface area (Å²) in [6.07, 6.45) is 8.20. The molecule has 1 N–H and O–H groups in total. The van der Waals surface area contributed by atoms with Crippen LogP contribution in [0.4, 0.5) is 0 Å². The molecule has 0 saturated carbocycles. The minimum absolute atomic E-state index is 0.504. The van der Waals surface area contributed by atoms with E-state index in [0.717, 1.165) is 18.0 Å². The molecule has 0 aromatic carbocycles. The lowest BCUT2D eigenvalue weighted by atomic mass is 9.91. The zero-order valence-electron chi connectivity index (χ0n) is 11.7. The van der Waals surface area contributed by atoms with E-state index in [1.54, 1.807) is 6.20 Å². The van der Waals surface area contributed by atoms with Crippen LogP contribution in [0.3, 0.4) is 0 Å². The van der Waals surface area contributed by atoms with Crippen LogP contribution in [-0.4, -0.2) is 17.6 Å². The number of hydrogen-bond acceptors (Lipinski definition) is 2. The summed E-state index contributed by atoms with van der Waals surface area (Å²) in [5.41, 5.74) is 1.20. The Balaban J connectivity index is 2.68. The first-order chi connectivity index (χ1) is 8.69. The van der Waals surface area contributed by atoms with Crippen LogP contribution in [-0.2, 0) is 6.42 Å². The fourth-order valence-corrected chi connectivity index (χ4v) is 2.46. The van der Waals surface area contributed by atoms with Crippen LogP contribution in [0.2, 0.25) is 5.02 Å². The van der Waals surface area contributed by atoms with Gasteiger partial charge in [0.1, 0.15) is 0 Å². The molecule has 0 aliphatic rings. The highest BCUT2D eigenvalue weighted by atomic mass is 35.5. The smallest absolute Gasteiger partial charge is 0.0621 e. The predicted octanol–water partition coefficient (Wildman–Crippen LogP) is 4.08. The minimum Gasteiger partial charge on any atom is -0.313 e. The first-order valence-corrected chi connectivity index (χ1v) is 7.38. The maximum atomic E-state index is 6.19. The van der Waals surface area contributed by atoms with E-state index >= 15 is 0 Å². The van der Waals surface area contributed by atoms with Crippen molar-refractivity contribution in [2.45, 2.75) is 52.5 Å². The van der Waals surface area contributed by atoms with Crippen LogP contribution in [0.1, 0.15) is 45.6 Å². The van der Waals surface area contributed by atoms with Gasteiger partial charge < -0.3 is 5.32 Å². The largest absolute Gasteiger partial charge is 0.313 e. The van der Waals surface area contributed by atoms with Crippen LogP contribution in [0.5, 0.6) is 0 Å². The Labute approximate surface area is 116 Å². The molecule has 2 atom stereocenters. The summed E-state index contributed by atoms with van der Waals surface area (Å²) in [5.74, 6) is 0.672. The SMILES string of the molecule is CCCNC(Cc1ccncc1Cl)C(C)CCC. The maximum Gasteiger partial charge on any atom is 0.0621 e. The Morgan fingerprint density at radius 2 is 2.11 bits per heavy atom. The molecule has 1 heterocycles. The Hall–Kier alpha value is -0.600. The molecule has 0 bridgehead atoms. The molecule has 18 heavy (non-hydrogen) atoms. The van der Waals surface area contributed by atoms with Gasteiger partial charge in [0.2, 0.25) is 0 Å². The molecule has 1 aromatic heterocycles. The molecule has 0 radical (unpaired) electrons. The molecule has 1 aromatic rings. The molecule has 2 nitrogen and oxygen atoms in total. The Bertz CT molecular complexity index is 341. The Kier molecular flexibility index (Phi) is 7.29. The van der Waals surface area contributed by atoms with Gasteiger partial charge in [-0.1, -0.05) is 38.8 Å². The highest BCUT2D eigenvalue weighted by Gasteiger charge is 2.17. The Morgan fingerprint density at radius 3 is 2.72 bits per heavy atom. The lowest BCUT2D eigenvalue weighted by Crippen LogP contribution is -2.37. The van der Waals surface area contributed by atoms with Crippen molar-refractivity contribution in [2.75, 3.05) is 6.54 Å². The second kappa shape index (κ2) is 8.49. The topological polar surface area (TPSA) is 24.9 Å². The molecule has 0 saturated heterocycles. The van der Waals surface area contributed by atoms with E-state index in [2.05, 4.69) is 31.1 Å². The second-order valence-corrected chi connectivity index (χ2v) is 5.40. The normalized spacial score (nSPS) is 14.4. The minimum atomic E-state index is 0.504. The van der Waals surface area contributed by atoms with Crippen molar-refractivity contribution in [1.82, 2.24) is 10.3 Å². The van der Waals surface area contributed by atoms with Crippen molar-refractivity contribution in [3.63, 3.8) is 0 Å². The average Bonchev–Trinajstić information content (AvgIpc) is 2.36. The van der Waals surface area contributed by atoms with Crippen LogP contribution in [0.25, 0.3) is 0 Å². The summed E-state index contributed by atoms with van der Waals surface area (Å²) in [6, 6.07) is 2.53. The number of nitrogens with one attached hydrogen (secondary N) is 1. The highest BCUT2D eigenvalue weighted by molar-refractivity contribution is 6.31. The third-order valence-corrected chi connectivity index (χ3v) is 3.72. The summed E-state index contributed by atoms with van der Waals surface area (Å²) >= 11 is 6.19. The highest BCUT2D eigenvalue weighted by Crippen LogP contribution is 2.20. The van der Waals surface area contributed by atoms with Gasteiger partial charge in [0, 0.05) is 18.4 Å². The summed E-state index contributed by atoms with van der Waals surface area (Å²) in [5, 5.41) is 4.43. The van der Waals surface area contributed by atoms with Gasteiger partial charge in [-0.05, 0) is 43.4 Å². The number of halogens is 1. The first-order valence-electron chi connectivity index (χ1n) is 7.00. The zero-order valence-corrected chi connectivity index (χ0v) is 12.5. The molecule has 1 rings (SSSR count). The van der Waals surface area contributed by atoms with Gasteiger partial charge in [-0.2, -0.15) is 0 Å². The van der Waals surface area contributed by atoms with E-state index in [-0.39, 0.29) is 0 Å². The third kappa shape index (κ3) is 4.95. The standard InChI is InChI=1S/C15H25ClN2/c1-4-6-12(3)15(18-8-5-2)10-13-7-9-17-11-14(13)16/h7,9,11-12,15,18H,4-6,8,10H2,1-3H3. The number of nitrogens with zero attached hydrogens (tertiary/aromatic N) is 1. The molecule has 0 aliphatic carbocycles. The van der Waals surface area contributed by atoms with Gasteiger partial charge in [0.05, 0.1) is 5.02 Å². The zero-order chi connectivity index (χ0) is 13.4. The van der Waals surface area contributed by atoms with E-state index in [9.17, 15) is 0 Å². The van der Waals surface area contributed by atoms with Crippen molar-refractivity contribution in [2.24, 2.45) is 5.92 Å². The molecule has 0 spiro atoms. The maximum absolute atomic E-state index is 6.19. The lowest BCUT2D eigenvalue weighted by Gasteiger charge is -2.25. The average molecular weight is 269 g/mol. The van der Waals surface area contributed by atoms with E-state index in [1.807, 2.05) is 12.3 Å². The van der Waals surface area contributed by atoms with Gasteiger partial charge in [-0.3, -0.25) is 4.98 Å². The van der Waals surface area contributed by atoms with Crippen LogP contribution >= 0.6 is 11.6 Å². The van der Waals surface area contributed by atoms with Crippen molar-refractivity contribution in [3.8, 4) is 0 Å². The van der Waals surface area contributed by atoms with E-state index in [1.165, 1.54) is 24.8 Å². The van der Waals surface area contributed by atoms with Crippen molar-refractivity contribution in [1.29, 1.82) is 0 Å². The number of aromatic nitrogens is 1. The van der Waals surface area contributed by atoms with E-state index < -0.39 is 0 Å². The number of hydrogen-bond donors (Lipinski definition) is 1. The van der Waals surface area contributed by atoms with Crippen LogP contribution < -0.4 is 5.32 Å². The second-order valence-electron chi connectivity index (χ2n) is 5.00. The fourth-order valence-electron chi connectivity index (χ4n) is 2.27.